The molecule has 0 atom stereocenters. The van der Waals surface area contributed by atoms with Gasteiger partial charge >= 0.3 is 0 Å². The molecule has 96 valence electrons. The second-order valence-electron chi connectivity index (χ2n) is 4.84. The topological polar surface area (TPSA) is 50.9 Å². The van der Waals surface area contributed by atoms with Gasteiger partial charge in [-0.2, -0.15) is 4.98 Å². The molecular weight excluding hydrogens is 238 g/mol. The standard InChI is InChI=1S/C15H15N3O/c1-10(2)11-5-3-4-6-13(11)18-9-16-12-7-8-14(19)17-15(12)18/h3-10H,1-2H3,(H,17,19). The molecule has 2 heterocycles. The van der Waals surface area contributed by atoms with Crippen molar-refractivity contribution in [3.8, 4) is 11.6 Å². The minimum atomic E-state index is 0.0104. The smallest absolute Gasteiger partial charge is 0.212 e. The molecule has 0 radical (unpaired) electrons. The monoisotopic (exact) mass is 253 g/mol. The lowest BCUT2D eigenvalue weighted by atomic mass is 10.0. The van der Waals surface area contributed by atoms with Crippen molar-refractivity contribution in [2.24, 2.45) is 0 Å². The molecule has 0 unspecified atom stereocenters. The van der Waals surface area contributed by atoms with Gasteiger partial charge in [-0.3, -0.25) is 4.57 Å². The Morgan fingerprint density at radius 2 is 1.89 bits per heavy atom. The van der Waals surface area contributed by atoms with Crippen molar-refractivity contribution < 1.29 is 5.11 Å². The van der Waals surface area contributed by atoms with E-state index in [0.717, 1.165) is 11.2 Å². The Hall–Kier alpha value is -2.36. The summed E-state index contributed by atoms with van der Waals surface area (Å²) < 4.78 is 1.92. The Labute approximate surface area is 111 Å². The second kappa shape index (κ2) is 4.39. The van der Waals surface area contributed by atoms with Crippen LogP contribution in [0.3, 0.4) is 0 Å². The number of hydrogen-bond acceptors (Lipinski definition) is 3. The fraction of sp³-hybridized carbons (Fsp3) is 0.200. The molecule has 0 saturated heterocycles. The van der Waals surface area contributed by atoms with Crippen LogP contribution in [0.1, 0.15) is 25.3 Å². The minimum Gasteiger partial charge on any atom is -0.493 e. The third-order valence-electron chi connectivity index (χ3n) is 3.20. The van der Waals surface area contributed by atoms with Crippen molar-refractivity contribution in [2.45, 2.75) is 19.8 Å². The van der Waals surface area contributed by atoms with Gasteiger partial charge in [-0.15, -0.1) is 0 Å². The highest BCUT2D eigenvalue weighted by atomic mass is 16.3. The highest BCUT2D eigenvalue weighted by Gasteiger charge is 2.12. The zero-order valence-electron chi connectivity index (χ0n) is 10.9. The van der Waals surface area contributed by atoms with E-state index in [1.165, 1.54) is 5.56 Å². The Balaban J connectivity index is 2.28. The van der Waals surface area contributed by atoms with Gasteiger partial charge in [-0.05, 0) is 23.6 Å². The molecule has 0 bridgehead atoms. The zero-order chi connectivity index (χ0) is 13.4. The maximum Gasteiger partial charge on any atom is 0.212 e. The first-order valence-electron chi connectivity index (χ1n) is 6.29. The summed E-state index contributed by atoms with van der Waals surface area (Å²) in [6.45, 7) is 4.31. The van der Waals surface area contributed by atoms with Crippen molar-refractivity contribution in [3.63, 3.8) is 0 Å². The van der Waals surface area contributed by atoms with Gasteiger partial charge in [0, 0.05) is 6.07 Å². The molecule has 0 aliphatic heterocycles. The quantitative estimate of drug-likeness (QED) is 0.762. The number of aromatic nitrogens is 3. The number of nitrogens with zero attached hydrogens (tertiary/aromatic N) is 3. The van der Waals surface area contributed by atoms with Gasteiger partial charge < -0.3 is 5.11 Å². The maximum atomic E-state index is 9.55. The molecule has 0 saturated carbocycles. The third kappa shape index (κ3) is 1.95. The van der Waals surface area contributed by atoms with E-state index in [9.17, 15) is 5.11 Å². The van der Waals surface area contributed by atoms with Crippen LogP contribution in [-0.2, 0) is 0 Å². The summed E-state index contributed by atoms with van der Waals surface area (Å²) in [6, 6.07) is 11.5. The predicted octanol–water partition coefficient (Wildman–Crippen LogP) is 3.25. The van der Waals surface area contributed by atoms with Crippen LogP contribution in [-0.4, -0.2) is 19.6 Å². The number of aromatic hydroxyl groups is 1. The Morgan fingerprint density at radius 3 is 2.68 bits per heavy atom. The van der Waals surface area contributed by atoms with E-state index in [-0.39, 0.29) is 5.88 Å². The number of benzene rings is 1. The fourth-order valence-electron chi connectivity index (χ4n) is 2.26. The van der Waals surface area contributed by atoms with E-state index in [2.05, 4.69) is 29.9 Å². The predicted molar refractivity (Wildman–Crippen MR) is 74.6 cm³/mol. The summed E-state index contributed by atoms with van der Waals surface area (Å²) in [5, 5.41) is 9.55. The molecule has 0 aliphatic carbocycles. The number of pyridine rings is 1. The van der Waals surface area contributed by atoms with Crippen LogP contribution in [0.2, 0.25) is 0 Å². The van der Waals surface area contributed by atoms with Crippen molar-refractivity contribution in [1.29, 1.82) is 0 Å². The number of hydrogen-bond donors (Lipinski definition) is 1. The summed E-state index contributed by atoms with van der Waals surface area (Å²) in [5.41, 5.74) is 3.73. The highest BCUT2D eigenvalue weighted by molar-refractivity contribution is 5.74. The van der Waals surface area contributed by atoms with Gasteiger partial charge in [0.15, 0.2) is 5.65 Å². The first-order valence-corrected chi connectivity index (χ1v) is 6.29. The average molecular weight is 253 g/mol. The largest absolute Gasteiger partial charge is 0.493 e. The molecule has 2 aromatic heterocycles. The van der Waals surface area contributed by atoms with Crippen LogP contribution in [0.5, 0.6) is 5.88 Å². The minimum absolute atomic E-state index is 0.0104. The lowest BCUT2D eigenvalue weighted by molar-refractivity contribution is 0.455. The van der Waals surface area contributed by atoms with Crippen LogP contribution in [0.4, 0.5) is 0 Å². The van der Waals surface area contributed by atoms with Gasteiger partial charge in [-0.25, -0.2) is 4.98 Å². The molecule has 19 heavy (non-hydrogen) atoms. The van der Waals surface area contributed by atoms with E-state index >= 15 is 0 Å². The average Bonchev–Trinajstić information content (AvgIpc) is 2.81. The van der Waals surface area contributed by atoms with E-state index < -0.39 is 0 Å². The lowest BCUT2D eigenvalue weighted by Gasteiger charge is -2.13. The molecule has 0 amide bonds. The molecule has 3 aromatic rings. The van der Waals surface area contributed by atoms with E-state index in [4.69, 9.17) is 0 Å². The third-order valence-corrected chi connectivity index (χ3v) is 3.20. The van der Waals surface area contributed by atoms with Crippen LogP contribution >= 0.6 is 0 Å². The Bertz CT molecular complexity index is 731. The first kappa shape index (κ1) is 11.7. The van der Waals surface area contributed by atoms with Crippen molar-refractivity contribution in [2.75, 3.05) is 0 Å². The lowest BCUT2D eigenvalue weighted by Crippen LogP contribution is -2.00. The van der Waals surface area contributed by atoms with Gasteiger partial charge in [0.2, 0.25) is 5.88 Å². The van der Waals surface area contributed by atoms with Crippen LogP contribution in [0.15, 0.2) is 42.7 Å². The van der Waals surface area contributed by atoms with Gasteiger partial charge in [0.05, 0.1) is 5.69 Å². The highest BCUT2D eigenvalue weighted by Crippen LogP contribution is 2.26. The van der Waals surface area contributed by atoms with Crippen LogP contribution in [0.25, 0.3) is 16.9 Å². The Kier molecular flexibility index (Phi) is 2.71. The molecule has 1 aromatic carbocycles. The summed E-state index contributed by atoms with van der Waals surface area (Å²) in [7, 11) is 0. The van der Waals surface area contributed by atoms with Gasteiger partial charge in [0.25, 0.3) is 0 Å². The molecule has 4 heteroatoms. The van der Waals surface area contributed by atoms with Gasteiger partial charge in [0.1, 0.15) is 11.8 Å². The molecule has 3 rings (SSSR count). The number of para-hydroxylation sites is 1. The number of rotatable bonds is 2. The second-order valence-corrected chi connectivity index (χ2v) is 4.84. The van der Waals surface area contributed by atoms with Crippen molar-refractivity contribution in [3.05, 3.63) is 48.3 Å². The fourth-order valence-corrected chi connectivity index (χ4v) is 2.26. The zero-order valence-corrected chi connectivity index (χ0v) is 10.9. The van der Waals surface area contributed by atoms with E-state index in [0.29, 0.717) is 11.6 Å². The summed E-state index contributed by atoms with van der Waals surface area (Å²) in [6.07, 6.45) is 1.75. The molecule has 4 nitrogen and oxygen atoms in total. The maximum absolute atomic E-state index is 9.55. The SMILES string of the molecule is CC(C)c1ccccc1-n1cnc2ccc(O)nc21. The molecule has 0 fully saturated rings. The van der Waals surface area contributed by atoms with Crippen LogP contribution in [0, 0.1) is 0 Å². The van der Waals surface area contributed by atoms with Crippen molar-refractivity contribution in [1.82, 2.24) is 14.5 Å². The van der Waals surface area contributed by atoms with Crippen LogP contribution < -0.4 is 0 Å². The number of fused-ring (bicyclic) bond motifs is 1. The summed E-state index contributed by atoms with van der Waals surface area (Å²) in [4.78, 5) is 8.49. The van der Waals surface area contributed by atoms with E-state index in [1.54, 1.807) is 18.5 Å². The number of imidazole rings is 1. The normalized spacial score (nSPS) is 11.3. The van der Waals surface area contributed by atoms with Crippen molar-refractivity contribution >= 4 is 11.2 Å². The summed E-state index contributed by atoms with van der Waals surface area (Å²) in [5.74, 6) is 0.419. The molecule has 0 spiro atoms. The van der Waals surface area contributed by atoms with E-state index in [1.807, 2.05) is 22.8 Å². The first-order chi connectivity index (χ1) is 9.16. The summed E-state index contributed by atoms with van der Waals surface area (Å²) >= 11 is 0. The van der Waals surface area contributed by atoms with Gasteiger partial charge in [-0.1, -0.05) is 32.0 Å². The Morgan fingerprint density at radius 1 is 1.11 bits per heavy atom. The molecule has 0 aliphatic rings. The molecule has 1 N–H and O–H groups in total. The molecular formula is C15H15N3O.